The van der Waals surface area contributed by atoms with Gasteiger partial charge in [0.1, 0.15) is 5.82 Å². The molecule has 24 heavy (non-hydrogen) atoms. The number of nitrogens with one attached hydrogen (secondary N) is 1. The predicted molar refractivity (Wildman–Crippen MR) is 93.5 cm³/mol. The number of aryl methyl sites for hydroxylation is 1. The molecule has 1 saturated carbocycles. The van der Waals surface area contributed by atoms with E-state index in [9.17, 15) is 9.59 Å². The topological polar surface area (TPSA) is 103 Å². The van der Waals surface area contributed by atoms with Crippen molar-refractivity contribution in [2.24, 2.45) is 11.7 Å². The van der Waals surface area contributed by atoms with Gasteiger partial charge in [0.2, 0.25) is 11.8 Å². The minimum Gasteiger partial charge on any atom is -0.370 e. The fourth-order valence-electron chi connectivity index (χ4n) is 2.86. The highest BCUT2D eigenvalue weighted by Crippen LogP contribution is 2.21. The van der Waals surface area contributed by atoms with Crippen molar-refractivity contribution in [3.63, 3.8) is 0 Å². The Hall–Kier alpha value is -1.57. The second kappa shape index (κ2) is 9.05. The Morgan fingerprint density at radius 1 is 1.33 bits per heavy atom. The number of carbonyl (C=O) groups is 2. The molecule has 2 amide bonds. The van der Waals surface area contributed by atoms with Crippen molar-refractivity contribution in [3.8, 4) is 0 Å². The number of nitrogens with zero attached hydrogens (tertiary/aromatic N) is 3. The van der Waals surface area contributed by atoms with Crippen LogP contribution in [-0.4, -0.2) is 38.4 Å². The lowest BCUT2D eigenvalue weighted by molar-refractivity contribution is -0.119. The maximum Gasteiger partial charge on any atom is 0.230 e. The normalized spacial score (nSPS) is 15.1. The monoisotopic (exact) mass is 353 g/mol. The van der Waals surface area contributed by atoms with E-state index in [2.05, 4.69) is 29.4 Å². The number of thioether (sulfide) groups is 1. The van der Waals surface area contributed by atoms with Crippen molar-refractivity contribution in [2.75, 3.05) is 5.75 Å². The van der Waals surface area contributed by atoms with Gasteiger partial charge in [0, 0.05) is 25.4 Å². The van der Waals surface area contributed by atoms with Crippen molar-refractivity contribution in [2.45, 2.75) is 70.1 Å². The molecule has 0 saturated heterocycles. The summed E-state index contributed by atoms with van der Waals surface area (Å²) in [4.78, 5) is 23.1. The highest BCUT2D eigenvalue weighted by Gasteiger charge is 2.19. The number of primary amides is 1. The van der Waals surface area contributed by atoms with Gasteiger partial charge < -0.3 is 15.6 Å². The van der Waals surface area contributed by atoms with Crippen molar-refractivity contribution < 1.29 is 9.59 Å². The standard InChI is InChI=1S/C16H27N5O2S/c1-11(2)9-21-14(8-7-13(17)22)19-20-16(21)24-10-15(23)18-12-5-3-4-6-12/h11-12H,3-10H2,1-2H3,(H2,17,22)(H,18,23). The summed E-state index contributed by atoms with van der Waals surface area (Å²) in [5.74, 6) is 1.20. The molecule has 7 nitrogen and oxygen atoms in total. The molecular formula is C16H27N5O2S. The molecule has 0 spiro atoms. The summed E-state index contributed by atoms with van der Waals surface area (Å²) in [6.45, 7) is 4.98. The first-order chi connectivity index (χ1) is 11.5. The van der Waals surface area contributed by atoms with Gasteiger partial charge in [0.25, 0.3) is 0 Å². The van der Waals surface area contributed by atoms with Gasteiger partial charge in [-0.15, -0.1) is 10.2 Å². The molecule has 2 rings (SSSR count). The summed E-state index contributed by atoms with van der Waals surface area (Å²) < 4.78 is 2.00. The van der Waals surface area contributed by atoms with Gasteiger partial charge in [0.05, 0.1) is 5.75 Å². The Bertz CT molecular complexity index is 567. The van der Waals surface area contributed by atoms with Crippen LogP contribution in [0.25, 0.3) is 0 Å². The number of aromatic nitrogens is 3. The second-order valence-electron chi connectivity index (χ2n) is 6.71. The Morgan fingerprint density at radius 3 is 2.67 bits per heavy atom. The summed E-state index contributed by atoms with van der Waals surface area (Å²) in [5, 5.41) is 12.2. The molecule has 0 radical (unpaired) electrons. The maximum absolute atomic E-state index is 12.1. The molecule has 1 aromatic heterocycles. The number of carbonyl (C=O) groups excluding carboxylic acids is 2. The van der Waals surface area contributed by atoms with Crippen molar-refractivity contribution in [3.05, 3.63) is 5.82 Å². The fourth-order valence-corrected chi connectivity index (χ4v) is 3.64. The van der Waals surface area contributed by atoms with Gasteiger partial charge in [-0.05, 0) is 18.8 Å². The van der Waals surface area contributed by atoms with Crippen LogP contribution in [0.15, 0.2) is 5.16 Å². The summed E-state index contributed by atoms with van der Waals surface area (Å²) in [6, 6.07) is 0.331. The van der Waals surface area contributed by atoms with E-state index >= 15 is 0 Å². The summed E-state index contributed by atoms with van der Waals surface area (Å²) in [5.41, 5.74) is 5.22. The molecule has 3 N–H and O–H groups in total. The predicted octanol–water partition coefficient (Wildman–Crippen LogP) is 1.50. The van der Waals surface area contributed by atoms with Gasteiger partial charge >= 0.3 is 0 Å². The smallest absolute Gasteiger partial charge is 0.230 e. The van der Waals surface area contributed by atoms with E-state index in [-0.39, 0.29) is 18.2 Å². The maximum atomic E-state index is 12.1. The largest absolute Gasteiger partial charge is 0.370 e. The van der Waals surface area contributed by atoms with Crippen molar-refractivity contribution in [1.82, 2.24) is 20.1 Å². The molecule has 1 aliphatic rings. The third-order valence-electron chi connectivity index (χ3n) is 3.99. The number of rotatable bonds is 9. The molecule has 1 aromatic rings. The van der Waals surface area contributed by atoms with Crippen LogP contribution in [0.1, 0.15) is 51.8 Å². The molecule has 1 aliphatic carbocycles. The molecule has 0 aliphatic heterocycles. The van der Waals surface area contributed by atoms with Gasteiger partial charge in [-0.1, -0.05) is 38.5 Å². The zero-order valence-electron chi connectivity index (χ0n) is 14.5. The molecule has 0 atom stereocenters. The van der Waals surface area contributed by atoms with Gasteiger partial charge in [-0.2, -0.15) is 0 Å². The average molecular weight is 353 g/mol. The lowest BCUT2D eigenvalue weighted by Crippen LogP contribution is -2.33. The van der Waals surface area contributed by atoms with E-state index in [1.807, 2.05) is 4.57 Å². The number of amides is 2. The summed E-state index contributed by atoms with van der Waals surface area (Å²) >= 11 is 1.40. The van der Waals surface area contributed by atoms with Crippen molar-refractivity contribution in [1.29, 1.82) is 0 Å². The lowest BCUT2D eigenvalue weighted by Gasteiger charge is -2.13. The van der Waals surface area contributed by atoms with Crippen LogP contribution in [0, 0.1) is 5.92 Å². The second-order valence-corrected chi connectivity index (χ2v) is 7.65. The van der Waals surface area contributed by atoms with Crippen LogP contribution in [0.5, 0.6) is 0 Å². The van der Waals surface area contributed by atoms with E-state index in [4.69, 9.17) is 5.73 Å². The van der Waals surface area contributed by atoms with E-state index in [0.29, 0.717) is 24.1 Å². The molecule has 134 valence electrons. The van der Waals surface area contributed by atoms with Gasteiger partial charge in [-0.25, -0.2) is 0 Å². The van der Waals surface area contributed by atoms with Gasteiger partial charge in [0.15, 0.2) is 5.16 Å². The Labute approximate surface area is 147 Å². The summed E-state index contributed by atoms with van der Waals surface area (Å²) in [7, 11) is 0. The van der Waals surface area contributed by atoms with Crippen LogP contribution in [-0.2, 0) is 22.6 Å². The van der Waals surface area contributed by atoms with Crippen LogP contribution < -0.4 is 11.1 Å². The zero-order valence-corrected chi connectivity index (χ0v) is 15.3. The molecule has 0 aromatic carbocycles. The number of hydrogen-bond acceptors (Lipinski definition) is 5. The molecule has 0 bridgehead atoms. The Kier molecular flexibility index (Phi) is 7.08. The SMILES string of the molecule is CC(C)Cn1c(CCC(N)=O)nnc1SCC(=O)NC1CCCC1. The first kappa shape index (κ1) is 18.8. The first-order valence-electron chi connectivity index (χ1n) is 8.58. The highest BCUT2D eigenvalue weighted by molar-refractivity contribution is 7.99. The third-order valence-corrected chi connectivity index (χ3v) is 4.96. The fraction of sp³-hybridized carbons (Fsp3) is 0.750. The molecule has 0 unspecified atom stereocenters. The average Bonchev–Trinajstić information content (AvgIpc) is 3.13. The minimum absolute atomic E-state index is 0.0460. The Balaban J connectivity index is 1.94. The number of nitrogens with two attached hydrogens (primary N) is 1. The molecular weight excluding hydrogens is 326 g/mol. The lowest BCUT2D eigenvalue weighted by atomic mass is 10.2. The molecule has 1 heterocycles. The van der Waals surface area contributed by atoms with E-state index < -0.39 is 0 Å². The van der Waals surface area contributed by atoms with Crippen LogP contribution in [0.4, 0.5) is 0 Å². The minimum atomic E-state index is -0.348. The van der Waals surface area contributed by atoms with Gasteiger partial charge in [-0.3, -0.25) is 9.59 Å². The molecule has 1 fully saturated rings. The van der Waals surface area contributed by atoms with E-state index in [1.54, 1.807) is 0 Å². The first-order valence-corrected chi connectivity index (χ1v) is 9.56. The highest BCUT2D eigenvalue weighted by atomic mass is 32.2. The third kappa shape index (κ3) is 5.81. The van der Waals surface area contributed by atoms with E-state index in [0.717, 1.165) is 30.4 Å². The van der Waals surface area contributed by atoms with Crippen LogP contribution >= 0.6 is 11.8 Å². The van der Waals surface area contributed by atoms with Crippen LogP contribution in [0.2, 0.25) is 0 Å². The number of hydrogen-bond donors (Lipinski definition) is 2. The quantitative estimate of drug-likeness (QED) is 0.655. The van der Waals surface area contributed by atoms with Crippen molar-refractivity contribution >= 4 is 23.6 Å². The Morgan fingerprint density at radius 2 is 2.04 bits per heavy atom. The molecule has 8 heteroatoms. The van der Waals surface area contributed by atoms with Crippen LogP contribution in [0.3, 0.4) is 0 Å². The zero-order chi connectivity index (χ0) is 17.5. The summed E-state index contributed by atoms with van der Waals surface area (Å²) in [6.07, 6.45) is 5.29. The van der Waals surface area contributed by atoms with E-state index in [1.165, 1.54) is 24.6 Å².